The first-order valence-corrected chi connectivity index (χ1v) is 5.98. The maximum absolute atomic E-state index is 5.85. The van der Waals surface area contributed by atoms with Crippen molar-refractivity contribution in [3.63, 3.8) is 0 Å². The summed E-state index contributed by atoms with van der Waals surface area (Å²) >= 11 is 0. The molecule has 0 aliphatic carbocycles. The summed E-state index contributed by atoms with van der Waals surface area (Å²) in [5, 5.41) is 0. The molecule has 1 heteroatoms. The van der Waals surface area contributed by atoms with Crippen LogP contribution in [0.4, 0.5) is 0 Å². The highest BCUT2D eigenvalue weighted by Crippen LogP contribution is 2.18. The van der Waals surface area contributed by atoms with E-state index in [0.717, 1.165) is 0 Å². The van der Waals surface area contributed by atoms with Gasteiger partial charge in [0.05, 0.1) is 12.7 Å². The topological polar surface area (TPSA) is 9.23 Å². The molecule has 0 N–H and O–H groups in total. The van der Waals surface area contributed by atoms with Crippen molar-refractivity contribution in [2.24, 2.45) is 0 Å². The molecule has 2 rings (SSSR count). The minimum absolute atomic E-state index is 0.137. The van der Waals surface area contributed by atoms with Gasteiger partial charge in [0, 0.05) is 0 Å². The second-order valence-corrected chi connectivity index (χ2v) is 4.35. The van der Waals surface area contributed by atoms with Crippen LogP contribution in [0.25, 0.3) is 0 Å². The Hall–Kier alpha value is -1.60. The van der Waals surface area contributed by atoms with Crippen LogP contribution in [0.5, 0.6) is 0 Å². The lowest BCUT2D eigenvalue weighted by Crippen LogP contribution is -2.00. The Balaban J connectivity index is 1.92. The van der Waals surface area contributed by atoms with Crippen LogP contribution in [-0.4, -0.2) is 0 Å². The average molecular weight is 226 g/mol. The van der Waals surface area contributed by atoms with Crippen LogP contribution in [0.2, 0.25) is 0 Å². The number of rotatable bonds is 4. The predicted molar refractivity (Wildman–Crippen MR) is 70.8 cm³/mol. The zero-order valence-corrected chi connectivity index (χ0v) is 10.4. The summed E-state index contributed by atoms with van der Waals surface area (Å²) in [7, 11) is 0. The molecule has 0 saturated heterocycles. The van der Waals surface area contributed by atoms with Gasteiger partial charge in [-0.1, -0.05) is 60.2 Å². The van der Waals surface area contributed by atoms with Gasteiger partial charge in [-0.05, 0) is 25.0 Å². The monoisotopic (exact) mass is 226 g/mol. The average Bonchev–Trinajstić information content (AvgIpc) is 2.39. The number of hydrogen-bond acceptors (Lipinski definition) is 1. The summed E-state index contributed by atoms with van der Waals surface area (Å²) < 4.78 is 5.85. The SMILES string of the molecule is Cc1ccc(COC(C)c2ccccc2)cc1. The van der Waals surface area contributed by atoms with Crippen molar-refractivity contribution < 1.29 is 4.74 Å². The summed E-state index contributed by atoms with van der Waals surface area (Å²) in [5.41, 5.74) is 3.72. The highest BCUT2D eigenvalue weighted by molar-refractivity contribution is 5.21. The molecule has 2 aromatic carbocycles. The van der Waals surface area contributed by atoms with E-state index in [1.807, 2.05) is 18.2 Å². The second-order valence-electron chi connectivity index (χ2n) is 4.35. The molecule has 0 aliphatic rings. The lowest BCUT2D eigenvalue weighted by Gasteiger charge is -2.13. The lowest BCUT2D eigenvalue weighted by atomic mass is 10.1. The molecule has 0 spiro atoms. The van der Waals surface area contributed by atoms with E-state index >= 15 is 0 Å². The van der Waals surface area contributed by atoms with E-state index < -0.39 is 0 Å². The van der Waals surface area contributed by atoms with Crippen molar-refractivity contribution in [3.05, 3.63) is 71.3 Å². The molecule has 1 unspecified atom stereocenters. The predicted octanol–water partition coefficient (Wildman–Crippen LogP) is 4.27. The van der Waals surface area contributed by atoms with Gasteiger partial charge >= 0.3 is 0 Å². The Labute approximate surface area is 103 Å². The standard InChI is InChI=1S/C16H18O/c1-13-8-10-15(11-9-13)12-17-14(2)16-6-4-3-5-7-16/h3-11,14H,12H2,1-2H3. The smallest absolute Gasteiger partial charge is 0.0801 e. The molecule has 1 atom stereocenters. The zero-order chi connectivity index (χ0) is 12.1. The third-order valence-corrected chi connectivity index (χ3v) is 2.89. The number of hydrogen-bond donors (Lipinski definition) is 0. The minimum Gasteiger partial charge on any atom is -0.369 e. The molecular weight excluding hydrogens is 208 g/mol. The van der Waals surface area contributed by atoms with E-state index in [9.17, 15) is 0 Å². The maximum Gasteiger partial charge on any atom is 0.0801 e. The second kappa shape index (κ2) is 5.65. The highest BCUT2D eigenvalue weighted by Gasteiger charge is 2.04. The first-order valence-electron chi connectivity index (χ1n) is 5.98. The van der Waals surface area contributed by atoms with Gasteiger partial charge in [0.2, 0.25) is 0 Å². The Morgan fingerprint density at radius 1 is 0.941 bits per heavy atom. The zero-order valence-electron chi connectivity index (χ0n) is 10.4. The first-order chi connectivity index (χ1) is 8.25. The Morgan fingerprint density at radius 3 is 2.24 bits per heavy atom. The summed E-state index contributed by atoms with van der Waals surface area (Å²) in [6.07, 6.45) is 0.137. The third-order valence-electron chi connectivity index (χ3n) is 2.89. The van der Waals surface area contributed by atoms with E-state index in [-0.39, 0.29) is 6.10 Å². The van der Waals surface area contributed by atoms with Crippen molar-refractivity contribution in [2.45, 2.75) is 26.6 Å². The highest BCUT2D eigenvalue weighted by atomic mass is 16.5. The fraction of sp³-hybridized carbons (Fsp3) is 0.250. The van der Waals surface area contributed by atoms with Crippen molar-refractivity contribution >= 4 is 0 Å². The summed E-state index contributed by atoms with van der Waals surface area (Å²) in [6, 6.07) is 18.8. The maximum atomic E-state index is 5.85. The number of aryl methyl sites for hydroxylation is 1. The molecule has 0 amide bonds. The van der Waals surface area contributed by atoms with Crippen LogP contribution in [-0.2, 0) is 11.3 Å². The number of ether oxygens (including phenoxy) is 1. The quantitative estimate of drug-likeness (QED) is 0.756. The minimum atomic E-state index is 0.137. The molecule has 0 fully saturated rings. The van der Waals surface area contributed by atoms with Crippen LogP contribution >= 0.6 is 0 Å². The Kier molecular flexibility index (Phi) is 3.94. The van der Waals surface area contributed by atoms with Gasteiger partial charge < -0.3 is 4.74 Å². The Bertz CT molecular complexity index is 445. The molecule has 1 nitrogen and oxygen atoms in total. The van der Waals surface area contributed by atoms with Crippen LogP contribution in [0.1, 0.15) is 29.7 Å². The van der Waals surface area contributed by atoms with Crippen molar-refractivity contribution in [3.8, 4) is 0 Å². The molecule has 88 valence electrons. The molecule has 2 aromatic rings. The molecule has 0 aliphatic heterocycles. The van der Waals surface area contributed by atoms with E-state index in [2.05, 4.69) is 50.2 Å². The first kappa shape index (κ1) is 11.9. The van der Waals surface area contributed by atoms with Crippen LogP contribution < -0.4 is 0 Å². The van der Waals surface area contributed by atoms with Crippen LogP contribution in [0.15, 0.2) is 54.6 Å². The van der Waals surface area contributed by atoms with Crippen molar-refractivity contribution in [1.82, 2.24) is 0 Å². The molecule has 0 radical (unpaired) electrons. The van der Waals surface area contributed by atoms with Gasteiger partial charge in [-0.25, -0.2) is 0 Å². The Morgan fingerprint density at radius 2 is 1.59 bits per heavy atom. The lowest BCUT2D eigenvalue weighted by molar-refractivity contribution is 0.0525. The molecule has 0 saturated carbocycles. The summed E-state index contributed by atoms with van der Waals surface area (Å²) in [4.78, 5) is 0. The van der Waals surface area contributed by atoms with Gasteiger partial charge in [0.15, 0.2) is 0 Å². The van der Waals surface area contributed by atoms with Gasteiger partial charge in [-0.3, -0.25) is 0 Å². The van der Waals surface area contributed by atoms with Crippen molar-refractivity contribution in [2.75, 3.05) is 0 Å². The van der Waals surface area contributed by atoms with E-state index in [1.165, 1.54) is 16.7 Å². The molecule has 17 heavy (non-hydrogen) atoms. The van der Waals surface area contributed by atoms with E-state index in [1.54, 1.807) is 0 Å². The van der Waals surface area contributed by atoms with Crippen molar-refractivity contribution in [1.29, 1.82) is 0 Å². The number of benzene rings is 2. The van der Waals surface area contributed by atoms with E-state index in [4.69, 9.17) is 4.74 Å². The largest absolute Gasteiger partial charge is 0.369 e. The normalized spacial score (nSPS) is 12.4. The molecular formula is C16H18O. The molecule has 0 heterocycles. The van der Waals surface area contributed by atoms with Crippen LogP contribution in [0, 0.1) is 6.92 Å². The van der Waals surface area contributed by atoms with Gasteiger partial charge in [0.25, 0.3) is 0 Å². The van der Waals surface area contributed by atoms with Gasteiger partial charge in [-0.15, -0.1) is 0 Å². The van der Waals surface area contributed by atoms with Crippen LogP contribution in [0.3, 0.4) is 0 Å². The van der Waals surface area contributed by atoms with Gasteiger partial charge in [-0.2, -0.15) is 0 Å². The summed E-state index contributed by atoms with van der Waals surface area (Å²) in [5.74, 6) is 0. The van der Waals surface area contributed by atoms with Gasteiger partial charge in [0.1, 0.15) is 0 Å². The molecule has 0 aromatic heterocycles. The third kappa shape index (κ3) is 3.43. The fourth-order valence-corrected chi connectivity index (χ4v) is 1.73. The fourth-order valence-electron chi connectivity index (χ4n) is 1.73. The van der Waals surface area contributed by atoms with E-state index in [0.29, 0.717) is 6.61 Å². The summed E-state index contributed by atoms with van der Waals surface area (Å²) in [6.45, 7) is 4.84. The molecule has 0 bridgehead atoms.